The van der Waals surface area contributed by atoms with Crippen LogP contribution in [0.1, 0.15) is 42.9 Å². The smallest absolute Gasteiger partial charge is 0.223 e. The second-order valence-corrected chi connectivity index (χ2v) is 5.11. The van der Waals surface area contributed by atoms with Crippen molar-refractivity contribution < 1.29 is 9.21 Å². The largest absolute Gasteiger partial charge is 0.466 e. The SMILES string of the molecule is Cc1cc(C(C)NCCNC(=O)C2CC2)c(C)o1. The minimum Gasteiger partial charge on any atom is -0.466 e. The van der Waals surface area contributed by atoms with Crippen LogP contribution < -0.4 is 10.6 Å². The van der Waals surface area contributed by atoms with Gasteiger partial charge in [-0.1, -0.05) is 0 Å². The number of carbonyl (C=O) groups excluding carboxylic acids is 1. The Morgan fingerprint density at radius 2 is 2.17 bits per heavy atom. The first-order chi connectivity index (χ1) is 8.58. The van der Waals surface area contributed by atoms with E-state index < -0.39 is 0 Å². The van der Waals surface area contributed by atoms with Gasteiger partial charge in [0, 0.05) is 30.6 Å². The number of hydrogen-bond acceptors (Lipinski definition) is 3. The molecular formula is C14H22N2O2. The van der Waals surface area contributed by atoms with E-state index in [1.807, 2.05) is 13.8 Å². The van der Waals surface area contributed by atoms with Crippen LogP contribution in [-0.2, 0) is 4.79 Å². The van der Waals surface area contributed by atoms with Crippen molar-refractivity contribution in [2.24, 2.45) is 5.92 Å². The Balaban J connectivity index is 1.69. The Hall–Kier alpha value is -1.29. The lowest BCUT2D eigenvalue weighted by Gasteiger charge is -2.13. The standard InChI is InChI=1S/C14H22N2O2/c1-9-8-13(11(3)18-9)10(2)15-6-7-16-14(17)12-4-5-12/h8,10,12,15H,4-7H2,1-3H3,(H,16,17). The molecule has 0 aromatic carbocycles. The van der Waals surface area contributed by atoms with E-state index in [1.54, 1.807) is 0 Å². The zero-order chi connectivity index (χ0) is 13.1. The van der Waals surface area contributed by atoms with Crippen molar-refractivity contribution in [3.8, 4) is 0 Å². The van der Waals surface area contributed by atoms with Gasteiger partial charge in [0.2, 0.25) is 5.91 Å². The Bertz CT molecular complexity index is 421. The van der Waals surface area contributed by atoms with Gasteiger partial charge in [0.05, 0.1) is 0 Å². The Kier molecular flexibility index (Phi) is 4.07. The van der Waals surface area contributed by atoms with Gasteiger partial charge < -0.3 is 15.1 Å². The van der Waals surface area contributed by atoms with Crippen molar-refractivity contribution in [1.29, 1.82) is 0 Å². The molecule has 1 amide bonds. The molecule has 1 aliphatic rings. The second-order valence-electron chi connectivity index (χ2n) is 5.11. The maximum Gasteiger partial charge on any atom is 0.223 e. The molecule has 1 atom stereocenters. The van der Waals surface area contributed by atoms with E-state index in [9.17, 15) is 4.79 Å². The van der Waals surface area contributed by atoms with E-state index in [1.165, 1.54) is 5.56 Å². The molecule has 0 bridgehead atoms. The molecule has 4 nitrogen and oxygen atoms in total. The molecule has 100 valence electrons. The normalized spacial score (nSPS) is 16.6. The van der Waals surface area contributed by atoms with Crippen LogP contribution in [0.15, 0.2) is 10.5 Å². The molecule has 0 aliphatic heterocycles. The van der Waals surface area contributed by atoms with E-state index in [-0.39, 0.29) is 11.9 Å². The van der Waals surface area contributed by atoms with Crippen LogP contribution in [0.3, 0.4) is 0 Å². The van der Waals surface area contributed by atoms with Crippen molar-refractivity contribution in [2.45, 2.75) is 39.7 Å². The summed E-state index contributed by atoms with van der Waals surface area (Å²) in [5, 5.41) is 6.34. The van der Waals surface area contributed by atoms with Crippen LogP contribution in [0.25, 0.3) is 0 Å². The summed E-state index contributed by atoms with van der Waals surface area (Å²) in [6.45, 7) is 7.52. The Labute approximate surface area is 108 Å². The number of carbonyl (C=O) groups is 1. The van der Waals surface area contributed by atoms with Gasteiger partial charge >= 0.3 is 0 Å². The van der Waals surface area contributed by atoms with E-state index in [0.29, 0.717) is 12.5 Å². The summed E-state index contributed by atoms with van der Waals surface area (Å²) in [5.41, 5.74) is 1.20. The molecule has 1 heterocycles. The van der Waals surface area contributed by atoms with Gasteiger partial charge in [0.1, 0.15) is 11.5 Å². The molecule has 1 fully saturated rings. The second kappa shape index (κ2) is 5.57. The predicted molar refractivity (Wildman–Crippen MR) is 70.3 cm³/mol. The molecule has 0 radical (unpaired) electrons. The fourth-order valence-electron chi connectivity index (χ4n) is 2.15. The number of nitrogens with one attached hydrogen (secondary N) is 2. The highest BCUT2D eigenvalue weighted by Gasteiger charge is 2.28. The lowest BCUT2D eigenvalue weighted by molar-refractivity contribution is -0.122. The lowest BCUT2D eigenvalue weighted by atomic mass is 10.1. The van der Waals surface area contributed by atoms with Gasteiger partial charge in [-0.25, -0.2) is 0 Å². The highest BCUT2D eigenvalue weighted by molar-refractivity contribution is 5.80. The number of amides is 1. The highest BCUT2D eigenvalue weighted by atomic mass is 16.3. The van der Waals surface area contributed by atoms with Crippen LogP contribution in [0.5, 0.6) is 0 Å². The summed E-state index contributed by atoms with van der Waals surface area (Å²) in [4.78, 5) is 11.4. The predicted octanol–water partition coefficient (Wildman–Crippen LogP) is 2.07. The highest BCUT2D eigenvalue weighted by Crippen LogP contribution is 2.28. The lowest BCUT2D eigenvalue weighted by Crippen LogP contribution is -2.33. The summed E-state index contributed by atoms with van der Waals surface area (Å²) in [6.07, 6.45) is 2.12. The molecule has 0 spiro atoms. The number of rotatable bonds is 6. The molecule has 18 heavy (non-hydrogen) atoms. The van der Waals surface area contributed by atoms with Crippen LogP contribution in [0, 0.1) is 19.8 Å². The molecule has 2 rings (SSSR count). The molecule has 1 unspecified atom stereocenters. The van der Waals surface area contributed by atoms with Crippen molar-refractivity contribution in [1.82, 2.24) is 10.6 Å². The fraction of sp³-hybridized carbons (Fsp3) is 0.643. The minimum absolute atomic E-state index is 0.208. The number of hydrogen-bond donors (Lipinski definition) is 2. The van der Waals surface area contributed by atoms with Crippen molar-refractivity contribution in [3.05, 3.63) is 23.2 Å². The summed E-state index contributed by atoms with van der Waals surface area (Å²) in [7, 11) is 0. The molecule has 1 aromatic rings. The van der Waals surface area contributed by atoms with E-state index in [0.717, 1.165) is 30.9 Å². The van der Waals surface area contributed by atoms with Crippen LogP contribution in [-0.4, -0.2) is 19.0 Å². The number of aryl methyl sites for hydroxylation is 2. The van der Waals surface area contributed by atoms with Crippen LogP contribution >= 0.6 is 0 Å². The zero-order valence-corrected chi connectivity index (χ0v) is 11.4. The quantitative estimate of drug-likeness (QED) is 0.760. The monoisotopic (exact) mass is 250 g/mol. The summed E-state index contributed by atoms with van der Waals surface area (Å²) < 4.78 is 5.51. The van der Waals surface area contributed by atoms with Gasteiger partial charge in [0.25, 0.3) is 0 Å². The Morgan fingerprint density at radius 1 is 1.44 bits per heavy atom. The maximum absolute atomic E-state index is 11.4. The summed E-state index contributed by atoms with van der Waals surface area (Å²) in [5.74, 6) is 2.41. The van der Waals surface area contributed by atoms with Gasteiger partial charge in [-0.15, -0.1) is 0 Å². The van der Waals surface area contributed by atoms with Crippen molar-refractivity contribution >= 4 is 5.91 Å². The minimum atomic E-state index is 0.208. The average molecular weight is 250 g/mol. The molecule has 1 aromatic heterocycles. The first-order valence-corrected chi connectivity index (χ1v) is 6.66. The molecule has 1 saturated carbocycles. The Morgan fingerprint density at radius 3 is 2.72 bits per heavy atom. The third-order valence-corrected chi connectivity index (χ3v) is 3.37. The summed E-state index contributed by atoms with van der Waals surface area (Å²) >= 11 is 0. The molecule has 1 aliphatic carbocycles. The molecule has 4 heteroatoms. The fourth-order valence-corrected chi connectivity index (χ4v) is 2.15. The molecular weight excluding hydrogens is 228 g/mol. The van der Waals surface area contributed by atoms with Gasteiger partial charge in [-0.3, -0.25) is 4.79 Å². The van der Waals surface area contributed by atoms with E-state index in [4.69, 9.17) is 4.42 Å². The van der Waals surface area contributed by atoms with Crippen molar-refractivity contribution in [3.63, 3.8) is 0 Å². The van der Waals surface area contributed by atoms with E-state index >= 15 is 0 Å². The molecule has 0 saturated heterocycles. The van der Waals surface area contributed by atoms with Crippen molar-refractivity contribution in [2.75, 3.05) is 13.1 Å². The van der Waals surface area contributed by atoms with Gasteiger partial charge in [-0.05, 0) is 39.7 Å². The first-order valence-electron chi connectivity index (χ1n) is 6.66. The zero-order valence-electron chi connectivity index (χ0n) is 11.4. The van der Waals surface area contributed by atoms with Crippen LogP contribution in [0.4, 0.5) is 0 Å². The average Bonchev–Trinajstić information content (AvgIpc) is 3.10. The van der Waals surface area contributed by atoms with Crippen LogP contribution in [0.2, 0.25) is 0 Å². The molecule has 2 N–H and O–H groups in total. The number of furan rings is 1. The van der Waals surface area contributed by atoms with Gasteiger partial charge in [-0.2, -0.15) is 0 Å². The van der Waals surface area contributed by atoms with E-state index in [2.05, 4.69) is 23.6 Å². The maximum atomic E-state index is 11.4. The third-order valence-electron chi connectivity index (χ3n) is 3.37. The summed E-state index contributed by atoms with van der Waals surface area (Å²) in [6, 6.07) is 2.32. The van der Waals surface area contributed by atoms with Gasteiger partial charge in [0.15, 0.2) is 0 Å². The topological polar surface area (TPSA) is 54.3 Å². The third kappa shape index (κ3) is 3.35. The first kappa shape index (κ1) is 13.1.